The molecule has 1 aromatic carbocycles. The molecule has 1 aliphatic rings. The molecule has 0 radical (unpaired) electrons. The van der Waals surface area contributed by atoms with Gasteiger partial charge in [0.25, 0.3) is 5.91 Å². The highest BCUT2D eigenvalue weighted by Crippen LogP contribution is 2.28. The number of carbonyl (C=O) groups excluding carboxylic acids is 1. The van der Waals surface area contributed by atoms with Crippen molar-refractivity contribution in [3.63, 3.8) is 0 Å². The number of anilines is 1. The summed E-state index contributed by atoms with van der Waals surface area (Å²) >= 11 is 6.00. The standard InChI is InChI=1S/C16H25ClN4O2.3ClH/c1-3-20-6-8-21(9-7-20)5-4-19-16(22)12-10-13(17)14(18)11-15(12)23-2;;;/h10-11H,3-9,18H2,1-2H3,(H,19,22);3*1H. The molecule has 3 N–H and O–H groups in total. The first-order valence-corrected chi connectivity index (χ1v) is 8.28. The Morgan fingerprint density at radius 3 is 2.31 bits per heavy atom. The molecule has 2 rings (SSSR count). The zero-order valence-electron chi connectivity index (χ0n) is 15.0. The first-order valence-electron chi connectivity index (χ1n) is 7.91. The molecule has 26 heavy (non-hydrogen) atoms. The lowest BCUT2D eigenvalue weighted by Gasteiger charge is -2.33. The van der Waals surface area contributed by atoms with E-state index in [4.69, 9.17) is 22.1 Å². The molecule has 0 aliphatic carbocycles. The Kier molecular flexibility index (Phi) is 14.4. The summed E-state index contributed by atoms with van der Waals surface area (Å²) in [5.41, 5.74) is 6.53. The fourth-order valence-corrected chi connectivity index (χ4v) is 2.83. The van der Waals surface area contributed by atoms with Crippen LogP contribution >= 0.6 is 48.8 Å². The third-order valence-electron chi connectivity index (χ3n) is 4.19. The molecular formula is C16H28Cl4N4O2. The summed E-state index contributed by atoms with van der Waals surface area (Å²) in [4.78, 5) is 17.1. The molecule has 10 heteroatoms. The van der Waals surface area contributed by atoms with Crippen molar-refractivity contribution in [2.45, 2.75) is 6.92 Å². The molecule has 1 aliphatic heterocycles. The molecule has 0 saturated carbocycles. The Hall–Kier alpha value is -0.630. The van der Waals surface area contributed by atoms with Gasteiger partial charge in [0, 0.05) is 45.3 Å². The number of nitrogen functional groups attached to an aromatic ring is 1. The van der Waals surface area contributed by atoms with E-state index in [-0.39, 0.29) is 43.1 Å². The summed E-state index contributed by atoms with van der Waals surface area (Å²) in [6.45, 7) is 8.98. The minimum atomic E-state index is -0.198. The highest BCUT2D eigenvalue weighted by molar-refractivity contribution is 6.33. The zero-order valence-corrected chi connectivity index (χ0v) is 18.2. The second-order valence-electron chi connectivity index (χ2n) is 5.61. The number of piperazine rings is 1. The number of methoxy groups -OCH3 is 1. The predicted molar refractivity (Wildman–Crippen MR) is 115 cm³/mol. The molecule has 1 fully saturated rings. The number of benzene rings is 1. The van der Waals surface area contributed by atoms with Crippen molar-refractivity contribution in [1.82, 2.24) is 15.1 Å². The lowest BCUT2D eigenvalue weighted by atomic mass is 10.1. The number of hydrogen-bond donors (Lipinski definition) is 2. The molecule has 0 aromatic heterocycles. The van der Waals surface area contributed by atoms with Crippen molar-refractivity contribution < 1.29 is 9.53 Å². The number of hydrogen-bond acceptors (Lipinski definition) is 5. The van der Waals surface area contributed by atoms with Crippen LogP contribution in [-0.4, -0.2) is 68.6 Å². The van der Waals surface area contributed by atoms with E-state index in [2.05, 4.69) is 22.0 Å². The Labute approximate surface area is 179 Å². The van der Waals surface area contributed by atoms with E-state index < -0.39 is 0 Å². The van der Waals surface area contributed by atoms with Crippen LogP contribution in [0.15, 0.2) is 12.1 Å². The van der Waals surface area contributed by atoms with E-state index in [0.717, 1.165) is 39.3 Å². The molecule has 1 aromatic rings. The Bertz CT molecular complexity index is 555. The number of ether oxygens (including phenoxy) is 1. The second kappa shape index (κ2) is 13.5. The molecular weight excluding hydrogens is 422 g/mol. The molecule has 1 amide bonds. The molecule has 0 spiro atoms. The van der Waals surface area contributed by atoms with Gasteiger partial charge in [0.05, 0.1) is 23.4 Å². The van der Waals surface area contributed by atoms with Gasteiger partial charge in [0.1, 0.15) is 5.75 Å². The Morgan fingerprint density at radius 2 is 1.77 bits per heavy atom. The van der Waals surface area contributed by atoms with E-state index in [1.54, 1.807) is 12.1 Å². The van der Waals surface area contributed by atoms with Crippen LogP contribution in [0.3, 0.4) is 0 Å². The van der Waals surface area contributed by atoms with Crippen LogP contribution in [0, 0.1) is 0 Å². The first-order chi connectivity index (χ1) is 11.0. The molecule has 1 heterocycles. The quantitative estimate of drug-likeness (QED) is 0.653. The number of amides is 1. The Morgan fingerprint density at radius 1 is 1.19 bits per heavy atom. The third kappa shape index (κ3) is 7.55. The number of rotatable bonds is 6. The monoisotopic (exact) mass is 448 g/mol. The van der Waals surface area contributed by atoms with Crippen LogP contribution in [0.2, 0.25) is 5.02 Å². The van der Waals surface area contributed by atoms with Crippen molar-refractivity contribution in [3.8, 4) is 5.75 Å². The fourth-order valence-electron chi connectivity index (χ4n) is 2.67. The molecule has 1 saturated heterocycles. The van der Waals surface area contributed by atoms with Gasteiger partial charge >= 0.3 is 0 Å². The van der Waals surface area contributed by atoms with Gasteiger partial charge in [0.15, 0.2) is 0 Å². The summed E-state index contributed by atoms with van der Waals surface area (Å²) in [7, 11) is 1.51. The van der Waals surface area contributed by atoms with Crippen molar-refractivity contribution in [1.29, 1.82) is 0 Å². The lowest BCUT2D eigenvalue weighted by Crippen LogP contribution is -2.48. The van der Waals surface area contributed by atoms with Gasteiger partial charge in [-0.25, -0.2) is 0 Å². The maximum absolute atomic E-state index is 12.3. The number of nitrogens with one attached hydrogen (secondary N) is 1. The van der Waals surface area contributed by atoms with Crippen molar-refractivity contribution in [2.24, 2.45) is 0 Å². The van der Waals surface area contributed by atoms with E-state index in [0.29, 0.717) is 28.6 Å². The predicted octanol–water partition coefficient (Wildman–Crippen LogP) is 2.56. The number of nitrogens with zero attached hydrogens (tertiary/aromatic N) is 2. The van der Waals surface area contributed by atoms with Gasteiger partial charge in [-0.2, -0.15) is 0 Å². The number of carbonyl (C=O) groups is 1. The van der Waals surface area contributed by atoms with Crippen LogP contribution in [0.4, 0.5) is 5.69 Å². The lowest BCUT2D eigenvalue weighted by molar-refractivity contribution is 0.0935. The van der Waals surface area contributed by atoms with Gasteiger partial charge in [-0.15, -0.1) is 37.2 Å². The summed E-state index contributed by atoms with van der Waals surface area (Å²) in [6, 6.07) is 3.12. The van der Waals surface area contributed by atoms with Crippen molar-refractivity contribution >= 4 is 60.4 Å². The minimum Gasteiger partial charge on any atom is -0.496 e. The van der Waals surface area contributed by atoms with Crippen LogP contribution in [0.25, 0.3) is 0 Å². The molecule has 0 atom stereocenters. The average Bonchev–Trinajstić information content (AvgIpc) is 2.57. The third-order valence-corrected chi connectivity index (χ3v) is 4.52. The summed E-state index contributed by atoms with van der Waals surface area (Å²) in [6.07, 6.45) is 0. The summed E-state index contributed by atoms with van der Waals surface area (Å²) in [5, 5.41) is 3.27. The van der Waals surface area contributed by atoms with E-state index in [1.165, 1.54) is 7.11 Å². The Balaban J connectivity index is 0. The van der Waals surface area contributed by atoms with Crippen molar-refractivity contribution in [3.05, 3.63) is 22.7 Å². The van der Waals surface area contributed by atoms with Gasteiger partial charge in [-0.1, -0.05) is 18.5 Å². The number of halogens is 4. The maximum Gasteiger partial charge on any atom is 0.255 e. The van der Waals surface area contributed by atoms with Gasteiger partial charge in [-0.3, -0.25) is 9.69 Å². The number of nitrogens with two attached hydrogens (primary N) is 1. The highest BCUT2D eigenvalue weighted by Gasteiger charge is 2.17. The van der Waals surface area contributed by atoms with Gasteiger partial charge in [0.2, 0.25) is 0 Å². The smallest absolute Gasteiger partial charge is 0.255 e. The zero-order chi connectivity index (χ0) is 16.8. The van der Waals surface area contributed by atoms with E-state index in [9.17, 15) is 4.79 Å². The SMILES string of the molecule is CCN1CCN(CCNC(=O)c2cc(Cl)c(N)cc2OC)CC1.Cl.Cl.Cl. The van der Waals surface area contributed by atoms with Gasteiger partial charge in [-0.05, 0) is 12.6 Å². The molecule has 0 bridgehead atoms. The second-order valence-corrected chi connectivity index (χ2v) is 6.01. The van der Waals surface area contributed by atoms with E-state index >= 15 is 0 Å². The number of likely N-dealkylation sites (N-methyl/N-ethyl adjacent to an activating group) is 1. The fraction of sp³-hybridized carbons (Fsp3) is 0.562. The van der Waals surface area contributed by atoms with Crippen LogP contribution in [0.1, 0.15) is 17.3 Å². The minimum absolute atomic E-state index is 0. The first kappa shape index (κ1) is 27.6. The van der Waals surface area contributed by atoms with E-state index in [1.807, 2.05) is 0 Å². The van der Waals surface area contributed by atoms with Crippen LogP contribution in [0.5, 0.6) is 5.75 Å². The molecule has 6 nitrogen and oxygen atoms in total. The maximum atomic E-state index is 12.3. The van der Waals surface area contributed by atoms with Gasteiger partial charge < -0.3 is 20.7 Å². The topological polar surface area (TPSA) is 70.8 Å². The largest absolute Gasteiger partial charge is 0.496 e. The summed E-state index contributed by atoms with van der Waals surface area (Å²) < 4.78 is 5.21. The average molecular weight is 450 g/mol. The van der Waals surface area contributed by atoms with Crippen molar-refractivity contribution in [2.75, 3.05) is 58.7 Å². The summed E-state index contributed by atoms with van der Waals surface area (Å²) in [5.74, 6) is 0.233. The van der Waals surface area contributed by atoms with Crippen LogP contribution < -0.4 is 15.8 Å². The highest BCUT2D eigenvalue weighted by atomic mass is 35.5. The normalized spacial score (nSPS) is 14.4. The van der Waals surface area contributed by atoms with Crippen LogP contribution in [-0.2, 0) is 0 Å². The molecule has 0 unspecified atom stereocenters. The molecule has 152 valence electrons.